The van der Waals surface area contributed by atoms with Crippen molar-refractivity contribution < 1.29 is 13.2 Å². The van der Waals surface area contributed by atoms with Gasteiger partial charge in [0.05, 0.1) is 11.4 Å². The van der Waals surface area contributed by atoms with Gasteiger partial charge in [-0.05, 0) is 49.7 Å². The first-order valence-electron chi connectivity index (χ1n) is 7.52. The van der Waals surface area contributed by atoms with Gasteiger partial charge in [0.15, 0.2) is 0 Å². The average Bonchev–Trinajstić information content (AvgIpc) is 2.53. The number of rotatable bonds is 6. The molecule has 2 aromatic rings. The number of carbonyl (C=O) groups is 1. The number of nitrogens with one attached hydrogen (secondary N) is 2. The summed E-state index contributed by atoms with van der Waals surface area (Å²) in [5.74, 6) is -0.298. The van der Waals surface area contributed by atoms with Gasteiger partial charge in [-0.15, -0.1) is 0 Å². The van der Waals surface area contributed by atoms with Crippen molar-refractivity contribution in [2.24, 2.45) is 5.14 Å². The highest BCUT2D eigenvalue weighted by molar-refractivity contribution is 7.89. The topological polar surface area (TPSA) is 101 Å². The van der Waals surface area contributed by atoms with Gasteiger partial charge in [-0.2, -0.15) is 0 Å². The molecular weight excluding hydrogens is 362 g/mol. The summed E-state index contributed by atoms with van der Waals surface area (Å²) in [6.45, 7) is 3.95. The molecule has 0 unspecified atom stereocenters. The maximum atomic E-state index is 12.1. The van der Waals surface area contributed by atoms with Crippen LogP contribution in [-0.2, 0) is 20.4 Å². The molecule has 0 aromatic heterocycles. The van der Waals surface area contributed by atoms with Crippen LogP contribution in [0.3, 0.4) is 0 Å². The van der Waals surface area contributed by atoms with Gasteiger partial charge >= 0.3 is 0 Å². The predicted octanol–water partition coefficient (Wildman–Crippen LogP) is 2.45. The Kier molecular flexibility index (Phi) is 5.84. The minimum Gasteiger partial charge on any atom is -0.325 e. The van der Waals surface area contributed by atoms with E-state index in [1.165, 1.54) is 18.2 Å². The molecule has 0 fully saturated rings. The van der Waals surface area contributed by atoms with Crippen LogP contribution in [-0.4, -0.2) is 20.9 Å². The van der Waals surface area contributed by atoms with Gasteiger partial charge < -0.3 is 5.32 Å². The van der Waals surface area contributed by atoms with E-state index in [4.69, 9.17) is 16.7 Å². The summed E-state index contributed by atoms with van der Waals surface area (Å²) in [5, 5.41) is 11.5. The van der Waals surface area contributed by atoms with E-state index in [1.54, 1.807) is 18.2 Å². The Morgan fingerprint density at radius 3 is 2.40 bits per heavy atom. The molecule has 0 bridgehead atoms. The Balaban J connectivity index is 2.00. The number of hydrogen-bond donors (Lipinski definition) is 3. The molecule has 1 amide bonds. The van der Waals surface area contributed by atoms with Crippen molar-refractivity contribution in [1.82, 2.24) is 5.32 Å². The largest absolute Gasteiger partial charge is 0.325 e. The van der Waals surface area contributed by atoms with E-state index in [0.29, 0.717) is 10.7 Å². The molecule has 0 saturated carbocycles. The van der Waals surface area contributed by atoms with Crippen LogP contribution in [0.2, 0.25) is 5.02 Å². The smallest absolute Gasteiger partial charge is 0.238 e. The van der Waals surface area contributed by atoms with Crippen molar-refractivity contribution in [3.8, 4) is 0 Å². The minimum absolute atomic E-state index is 0.0508. The number of hydrogen-bond acceptors (Lipinski definition) is 4. The number of sulfonamides is 1. The minimum atomic E-state index is -3.81. The fraction of sp³-hybridized carbons (Fsp3) is 0.235. The molecule has 2 aromatic carbocycles. The molecule has 25 heavy (non-hydrogen) atoms. The molecule has 8 heteroatoms. The average molecular weight is 382 g/mol. The summed E-state index contributed by atoms with van der Waals surface area (Å²) in [7, 11) is -3.81. The van der Waals surface area contributed by atoms with E-state index in [9.17, 15) is 13.2 Å². The Labute approximate surface area is 152 Å². The highest BCUT2D eigenvalue weighted by Gasteiger charge is 2.21. The van der Waals surface area contributed by atoms with Crippen molar-refractivity contribution in [2.75, 3.05) is 11.9 Å². The first-order valence-corrected chi connectivity index (χ1v) is 9.44. The van der Waals surface area contributed by atoms with Crippen LogP contribution in [0.15, 0.2) is 53.4 Å². The lowest BCUT2D eigenvalue weighted by atomic mass is 9.94. The second kappa shape index (κ2) is 7.53. The van der Waals surface area contributed by atoms with Gasteiger partial charge in [0, 0.05) is 16.2 Å². The highest BCUT2D eigenvalue weighted by Crippen LogP contribution is 2.21. The first-order chi connectivity index (χ1) is 11.6. The fourth-order valence-electron chi connectivity index (χ4n) is 2.23. The van der Waals surface area contributed by atoms with Crippen LogP contribution in [0.4, 0.5) is 5.69 Å². The second-order valence-corrected chi connectivity index (χ2v) is 8.10. The summed E-state index contributed by atoms with van der Waals surface area (Å²) in [6.07, 6.45) is 0. The van der Waals surface area contributed by atoms with E-state index < -0.39 is 15.6 Å². The summed E-state index contributed by atoms with van der Waals surface area (Å²) in [5.41, 5.74) is 0.910. The standard InChI is InChI=1S/C17H20ClN3O3S/c1-17(2,12-6-8-13(18)9-7-12)20-11-16(22)21-14-4-3-5-15(10-14)25(19,23)24/h3-10,20H,11H2,1-2H3,(H,21,22)(H2,19,23,24). The van der Waals surface area contributed by atoms with E-state index in [0.717, 1.165) is 5.56 Å². The molecule has 0 atom stereocenters. The maximum absolute atomic E-state index is 12.1. The third-order valence-corrected chi connectivity index (χ3v) is 4.87. The molecule has 0 spiro atoms. The number of primary sulfonamides is 1. The summed E-state index contributed by atoms with van der Waals surface area (Å²) < 4.78 is 22.7. The molecule has 0 heterocycles. The molecular formula is C17H20ClN3O3S. The second-order valence-electron chi connectivity index (χ2n) is 6.11. The molecule has 0 saturated heterocycles. The molecule has 2 rings (SSSR count). The van der Waals surface area contributed by atoms with E-state index in [-0.39, 0.29) is 17.3 Å². The van der Waals surface area contributed by atoms with Gasteiger partial charge in [-0.1, -0.05) is 29.8 Å². The Hall–Kier alpha value is -1.93. The van der Waals surface area contributed by atoms with Crippen molar-refractivity contribution in [1.29, 1.82) is 0 Å². The zero-order valence-corrected chi connectivity index (χ0v) is 15.5. The first kappa shape index (κ1) is 19.4. The van der Waals surface area contributed by atoms with E-state index in [1.807, 2.05) is 26.0 Å². The molecule has 0 aliphatic heterocycles. The summed E-state index contributed by atoms with van der Waals surface area (Å²) in [6, 6.07) is 13.2. The van der Waals surface area contributed by atoms with Gasteiger partial charge in [0.2, 0.25) is 15.9 Å². The molecule has 4 N–H and O–H groups in total. The predicted molar refractivity (Wildman–Crippen MR) is 98.9 cm³/mol. The van der Waals surface area contributed by atoms with Crippen LogP contribution in [0.5, 0.6) is 0 Å². The van der Waals surface area contributed by atoms with E-state index in [2.05, 4.69) is 10.6 Å². The van der Waals surface area contributed by atoms with Gasteiger partial charge in [0.25, 0.3) is 0 Å². The van der Waals surface area contributed by atoms with Crippen LogP contribution in [0.25, 0.3) is 0 Å². The highest BCUT2D eigenvalue weighted by atomic mass is 35.5. The Bertz CT molecular complexity index is 865. The third kappa shape index (κ3) is 5.54. The van der Waals surface area contributed by atoms with Gasteiger partial charge in [0.1, 0.15) is 0 Å². The molecule has 0 aliphatic carbocycles. The van der Waals surface area contributed by atoms with Crippen molar-refractivity contribution in [3.05, 3.63) is 59.1 Å². The third-order valence-electron chi connectivity index (χ3n) is 3.70. The maximum Gasteiger partial charge on any atom is 0.238 e. The van der Waals surface area contributed by atoms with Gasteiger partial charge in [-0.3, -0.25) is 10.1 Å². The van der Waals surface area contributed by atoms with Crippen LogP contribution >= 0.6 is 11.6 Å². The number of halogens is 1. The number of anilines is 1. The Morgan fingerprint density at radius 1 is 1.16 bits per heavy atom. The zero-order valence-electron chi connectivity index (χ0n) is 13.9. The molecule has 6 nitrogen and oxygen atoms in total. The molecule has 0 radical (unpaired) electrons. The van der Waals surface area contributed by atoms with Crippen LogP contribution in [0, 0.1) is 0 Å². The normalized spacial score (nSPS) is 12.0. The van der Waals surface area contributed by atoms with Crippen molar-refractivity contribution in [3.63, 3.8) is 0 Å². The monoisotopic (exact) mass is 381 g/mol. The lowest BCUT2D eigenvalue weighted by molar-refractivity contribution is -0.115. The van der Waals surface area contributed by atoms with E-state index >= 15 is 0 Å². The SMILES string of the molecule is CC(C)(NCC(=O)Nc1cccc(S(N)(=O)=O)c1)c1ccc(Cl)cc1. The lowest BCUT2D eigenvalue weighted by Gasteiger charge is -2.27. The number of nitrogens with two attached hydrogens (primary N) is 1. The molecule has 134 valence electrons. The van der Waals surface area contributed by atoms with Crippen LogP contribution in [0.1, 0.15) is 19.4 Å². The molecule has 0 aliphatic rings. The number of benzene rings is 2. The number of amides is 1. The Morgan fingerprint density at radius 2 is 1.80 bits per heavy atom. The number of carbonyl (C=O) groups excluding carboxylic acids is 1. The lowest BCUT2D eigenvalue weighted by Crippen LogP contribution is -2.41. The van der Waals surface area contributed by atoms with Gasteiger partial charge in [-0.25, -0.2) is 13.6 Å². The van der Waals surface area contributed by atoms with Crippen molar-refractivity contribution >= 4 is 33.2 Å². The van der Waals surface area contributed by atoms with Crippen molar-refractivity contribution in [2.45, 2.75) is 24.3 Å². The van der Waals surface area contributed by atoms with Crippen LogP contribution < -0.4 is 15.8 Å². The summed E-state index contributed by atoms with van der Waals surface area (Å²) >= 11 is 5.89. The zero-order chi connectivity index (χ0) is 18.7. The summed E-state index contributed by atoms with van der Waals surface area (Å²) in [4.78, 5) is 12.1. The fourth-order valence-corrected chi connectivity index (χ4v) is 2.91. The quantitative estimate of drug-likeness (QED) is 0.715.